The molecule has 2 aromatic heterocycles. The molecule has 0 bridgehead atoms. The number of benzene rings is 1. The number of carboxylic acid groups (broad SMARTS) is 1. The first-order valence-corrected chi connectivity index (χ1v) is 9.44. The lowest BCUT2D eigenvalue weighted by Gasteiger charge is -2.30. The molecule has 0 saturated carbocycles. The molecular formula is C20H19F2N5O4. The quantitative estimate of drug-likeness (QED) is 0.331. The Kier molecular flexibility index (Phi) is 5.32. The first kappa shape index (κ1) is 20.4. The van der Waals surface area contributed by atoms with E-state index < -0.39 is 41.2 Å². The minimum Gasteiger partial charge on any atom is -0.487 e. The van der Waals surface area contributed by atoms with Gasteiger partial charge < -0.3 is 30.8 Å². The van der Waals surface area contributed by atoms with Crippen molar-refractivity contribution in [2.45, 2.75) is 6.04 Å². The van der Waals surface area contributed by atoms with Crippen molar-refractivity contribution in [2.75, 3.05) is 42.7 Å². The predicted molar refractivity (Wildman–Crippen MR) is 111 cm³/mol. The minimum atomic E-state index is -1.51. The number of aromatic nitrogens is 2. The number of nitrogen functional groups attached to an aromatic ring is 1. The number of aromatic carboxylic acids is 1. The molecule has 3 heterocycles. The average molecular weight is 431 g/mol. The maximum absolute atomic E-state index is 15.1. The number of pyridine rings is 2. The van der Waals surface area contributed by atoms with Crippen molar-refractivity contribution < 1.29 is 23.4 Å². The third-order valence-electron chi connectivity index (χ3n) is 5.02. The van der Waals surface area contributed by atoms with Crippen LogP contribution in [0.25, 0.3) is 10.9 Å². The van der Waals surface area contributed by atoms with E-state index in [-0.39, 0.29) is 35.5 Å². The zero-order valence-corrected chi connectivity index (χ0v) is 16.2. The molecule has 0 aliphatic carbocycles. The van der Waals surface area contributed by atoms with Gasteiger partial charge in [-0.2, -0.15) is 0 Å². The van der Waals surface area contributed by atoms with Crippen molar-refractivity contribution in [3.63, 3.8) is 0 Å². The second-order valence-corrected chi connectivity index (χ2v) is 6.93. The van der Waals surface area contributed by atoms with E-state index in [0.717, 1.165) is 6.20 Å². The maximum atomic E-state index is 15.1. The van der Waals surface area contributed by atoms with Crippen LogP contribution in [0.3, 0.4) is 0 Å². The third kappa shape index (κ3) is 3.47. The van der Waals surface area contributed by atoms with Gasteiger partial charge in [-0.1, -0.05) is 6.07 Å². The molecule has 0 fully saturated rings. The van der Waals surface area contributed by atoms with Crippen LogP contribution in [0.4, 0.5) is 26.0 Å². The summed E-state index contributed by atoms with van der Waals surface area (Å²) in [5.74, 6) is -1.83. The molecule has 11 heteroatoms. The molecule has 1 aliphatic rings. The fourth-order valence-electron chi connectivity index (χ4n) is 3.54. The second-order valence-electron chi connectivity index (χ2n) is 6.93. The zero-order chi connectivity index (χ0) is 22.1. The van der Waals surface area contributed by atoms with E-state index in [9.17, 15) is 19.1 Å². The van der Waals surface area contributed by atoms with Gasteiger partial charge in [0.2, 0.25) is 5.43 Å². The average Bonchev–Trinajstić information content (AvgIpc) is 2.77. The molecule has 31 heavy (non-hydrogen) atoms. The molecule has 162 valence electrons. The summed E-state index contributed by atoms with van der Waals surface area (Å²) in [4.78, 5) is 28.3. The van der Waals surface area contributed by atoms with Crippen molar-refractivity contribution in [3.8, 4) is 5.75 Å². The van der Waals surface area contributed by atoms with E-state index in [2.05, 4.69) is 15.6 Å². The van der Waals surface area contributed by atoms with Crippen LogP contribution in [0.1, 0.15) is 16.4 Å². The molecule has 4 rings (SSSR count). The Balaban J connectivity index is 1.77. The van der Waals surface area contributed by atoms with Gasteiger partial charge >= 0.3 is 5.97 Å². The van der Waals surface area contributed by atoms with Gasteiger partial charge in [0.25, 0.3) is 0 Å². The molecule has 1 atom stereocenters. The molecule has 0 radical (unpaired) electrons. The Morgan fingerprint density at radius 1 is 1.35 bits per heavy atom. The summed E-state index contributed by atoms with van der Waals surface area (Å²) in [5.41, 5.74) is 3.77. The van der Waals surface area contributed by atoms with Gasteiger partial charge in [-0.15, -0.1) is 0 Å². The van der Waals surface area contributed by atoms with Crippen LogP contribution in [-0.4, -0.2) is 47.0 Å². The standard InChI is InChI=1S/C20H19F2N5O4/c21-7-10-9-31-19-16(26-6-5-25-12-3-1-2-4-24-12)14(22)15(23)13-17(19)27(10)8-11(18(13)28)20(29)30/h1-4,8,10,26H,5-7,9,23H2,(H,24,25)(H,29,30)/t10-/m0/s1. The lowest BCUT2D eigenvalue weighted by Crippen LogP contribution is -2.30. The van der Waals surface area contributed by atoms with Gasteiger partial charge in [0, 0.05) is 25.5 Å². The summed E-state index contributed by atoms with van der Waals surface area (Å²) < 4.78 is 35.6. The number of nitrogens with zero attached hydrogens (tertiary/aromatic N) is 2. The highest BCUT2D eigenvalue weighted by Crippen LogP contribution is 2.43. The van der Waals surface area contributed by atoms with Crippen LogP contribution in [0.5, 0.6) is 5.75 Å². The van der Waals surface area contributed by atoms with Gasteiger partial charge in [0.15, 0.2) is 11.6 Å². The summed E-state index contributed by atoms with van der Waals surface area (Å²) in [6.45, 7) is -0.403. The van der Waals surface area contributed by atoms with E-state index in [1.807, 2.05) is 6.07 Å². The SMILES string of the molecule is Nc1c(F)c(NCCNc2ccccn2)c2c3c1c(=O)c(C(=O)O)cn3[C@@H](CF)CO2. The second kappa shape index (κ2) is 8.09. The summed E-state index contributed by atoms with van der Waals surface area (Å²) in [5, 5.41) is 14.9. The number of alkyl halides is 1. The Labute approximate surface area is 174 Å². The summed E-state index contributed by atoms with van der Waals surface area (Å²) in [6.07, 6.45) is 2.68. The summed E-state index contributed by atoms with van der Waals surface area (Å²) in [7, 11) is 0. The van der Waals surface area contributed by atoms with Crippen LogP contribution in [0.15, 0.2) is 35.4 Å². The number of hydrogen-bond donors (Lipinski definition) is 4. The number of anilines is 3. The summed E-state index contributed by atoms with van der Waals surface area (Å²) in [6, 6.07) is 4.49. The predicted octanol–water partition coefficient (Wildman–Crippen LogP) is 2.24. The molecule has 9 nitrogen and oxygen atoms in total. The smallest absolute Gasteiger partial charge is 0.341 e. The van der Waals surface area contributed by atoms with E-state index in [1.54, 1.807) is 18.3 Å². The molecular weight excluding hydrogens is 412 g/mol. The van der Waals surface area contributed by atoms with Crippen molar-refractivity contribution in [3.05, 3.63) is 52.2 Å². The van der Waals surface area contributed by atoms with Gasteiger partial charge in [-0.3, -0.25) is 4.79 Å². The van der Waals surface area contributed by atoms with Crippen molar-refractivity contribution in [1.29, 1.82) is 0 Å². The van der Waals surface area contributed by atoms with E-state index in [1.165, 1.54) is 4.57 Å². The Hall–Kier alpha value is -3.89. The van der Waals surface area contributed by atoms with Crippen LogP contribution >= 0.6 is 0 Å². The molecule has 0 unspecified atom stereocenters. The monoisotopic (exact) mass is 431 g/mol. The fraction of sp³-hybridized carbons (Fsp3) is 0.250. The van der Waals surface area contributed by atoms with Crippen LogP contribution in [0, 0.1) is 5.82 Å². The van der Waals surface area contributed by atoms with Gasteiger partial charge in [-0.05, 0) is 12.1 Å². The van der Waals surface area contributed by atoms with Crippen LogP contribution in [0.2, 0.25) is 0 Å². The zero-order valence-electron chi connectivity index (χ0n) is 16.2. The molecule has 1 aliphatic heterocycles. The lowest BCUT2D eigenvalue weighted by atomic mass is 10.0. The molecule has 1 aromatic carbocycles. The Morgan fingerprint density at radius 3 is 2.81 bits per heavy atom. The Morgan fingerprint density at radius 2 is 2.13 bits per heavy atom. The van der Waals surface area contributed by atoms with Crippen molar-refractivity contribution in [1.82, 2.24) is 9.55 Å². The first-order valence-electron chi connectivity index (χ1n) is 9.44. The van der Waals surface area contributed by atoms with Gasteiger partial charge in [-0.25, -0.2) is 18.6 Å². The van der Waals surface area contributed by atoms with Crippen molar-refractivity contribution in [2.24, 2.45) is 0 Å². The number of nitrogens with two attached hydrogens (primary N) is 1. The minimum absolute atomic E-state index is 0.0155. The molecule has 3 aromatic rings. The largest absolute Gasteiger partial charge is 0.487 e. The molecule has 0 saturated heterocycles. The lowest BCUT2D eigenvalue weighted by molar-refractivity contribution is 0.0694. The topological polar surface area (TPSA) is 131 Å². The third-order valence-corrected chi connectivity index (χ3v) is 5.02. The summed E-state index contributed by atoms with van der Waals surface area (Å²) >= 11 is 0. The van der Waals surface area contributed by atoms with Crippen LogP contribution < -0.4 is 26.5 Å². The molecule has 0 spiro atoms. The Bertz CT molecular complexity index is 1220. The van der Waals surface area contributed by atoms with E-state index in [0.29, 0.717) is 12.4 Å². The number of carboxylic acids is 1. The fourth-order valence-corrected chi connectivity index (χ4v) is 3.54. The van der Waals surface area contributed by atoms with Gasteiger partial charge in [0.1, 0.15) is 30.4 Å². The van der Waals surface area contributed by atoms with Gasteiger partial charge in [0.05, 0.1) is 22.6 Å². The van der Waals surface area contributed by atoms with Crippen molar-refractivity contribution >= 4 is 34.1 Å². The maximum Gasteiger partial charge on any atom is 0.341 e. The number of rotatable bonds is 7. The number of halogens is 2. The normalized spacial score (nSPS) is 14.8. The van der Waals surface area contributed by atoms with E-state index in [4.69, 9.17) is 10.5 Å². The highest BCUT2D eigenvalue weighted by Gasteiger charge is 2.31. The first-order chi connectivity index (χ1) is 14.9. The van der Waals surface area contributed by atoms with Crippen LogP contribution in [-0.2, 0) is 0 Å². The number of hydrogen-bond acceptors (Lipinski definition) is 7. The highest BCUT2D eigenvalue weighted by molar-refractivity contribution is 6.03. The molecule has 5 N–H and O–H groups in total. The highest BCUT2D eigenvalue weighted by atomic mass is 19.1. The number of ether oxygens (including phenoxy) is 1. The number of nitrogens with one attached hydrogen (secondary N) is 2. The molecule has 0 amide bonds. The van der Waals surface area contributed by atoms with E-state index >= 15 is 4.39 Å². The number of carbonyl (C=O) groups is 1.